The van der Waals surface area contributed by atoms with Gasteiger partial charge in [-0.1, -0.05) is 30.3 Å². The fraction of sp³-hybridized carbons (Fsp3) is 0.125. The quantitative estimate of drug-likeness (QED) is 0.487. The molecule has 0 atom stereocenters. The second kappa shape index (κ2) is 8.52. The van der Waals surface area contributed by atoms with E-state index in [-0.39, 0.29) is 5.91 Å². The Kier molecular flexibility index (Phi) is 5.47. The van der Waals surface area contributed by atoms with Crippen LogP contribution >= 0.6 is 0 Å². The molecule has 0 saturated heterocycles. The van der Waals surface area contributed by atoms with E-state index in [1.165, 1.54) is 0 Å². The number of ether oxygens (including phenoxy) is 2. The van der Waals surface area contributed by atoms with Crippen molar-refractivity contribution in [2.24, 2.45) is 0 Å². The van der Waals surface area contributed by atoms with E-state index in [2.05, 4.69) is 11.4 Å². The van der Waals surface area contributed by atoms with Crippen molar-refractivity contribution in [2.75, 3.05) is 7.11 Å². The molecule has 3 aromatic carbocycles. The maximum Gasteiger partial charge on any atom is 0.251 e. The molecule has 0 saturated carbocycles. The van der Waals surface area contributed by atoms with Crippen molar-refractivity contribution in [3.05, 3.63) is 95.9 Å². The highest BCUT2D eigenvalue weighted by atomic mass is 16.5. The molecule has 0 unspecified atom stereocenters. The number of rotatable bonds is 7. The number of amides is 1. The third-order valence-corrected chi connectivity index (χ3v) is 4.66. The van der Waals surface area contributed by atoms with Gasteiger partial charge >= 0.3 is 0 Å². The van der Waals surface area contributed by atoms with Crippen molar-refractivity contribution >= 4 is 16.7 Å². The molecular formula is C24H21NO4. The smallest absolute Gasteiger partial charge is 0.251 e. The summed E-state index contributed by atoms with van der Waals surface area (Å²) >= 11 is 0. The molecule has 146 valence electrons. The Labute approximate surface area is 168 Å². The SMILES string of the molecule is COc1ccc(C(=O)NCc2ccco2)cc1COc1ccc2ccccc2c1. The predicted molar refractivity (Wildman–Crippen MR) is 111 cm³/mol. The van der Waals surface area contributed by atoms with Crippen molar-refractivity contribution in [3.8, 4) is 11.5 Å². The Balaban J connectivity index is 1.47. The summed E-state index contributed by atoms with van der Waals surface area (Å²) in [6.45, 7) is 0.627. The zero-order valence-corrected chi connectivity index (χ0v) is 16.1. The Bertz CT molecular complexity index is 1120. The van der Waals surface area contributed by atoms with Crippen LogP contribution in [0.4, 0.5) is 0 Å². The van der Waals surface area contributed by atoms with Gasteiger partial charge in [0.25, 0.3) is 5.91 Å². The van der Waals surface area contributed by atoms with Gasteiger partial charge in [0, 0.05) is 11.1 Å². The topological polar surface area (TPSA) is 60.7 Å². The minimum absolute atomic E-state index is 0.184. The van der Waals surface area contributed by atoms with E-state index < -0.39 is 0 Å². The number of hydrogen-bond acceptors (Lipinski definition) is 4. The number of nitrogens with one attached hydrogen (secondary N) is 1. The van der Waals surface area contributed by atoms with Gasteiger partial charge in [0.2, 0.25) is 0 Å². The van der Waals surface area contributed by atoms with Crippen LogP contribution < -0.4 is 14.8 Å². The molecule has 4 aromatic rings. The lowest BCUT2D eigenvalue weighted by atomic mass is 10.1. The maximum atomic E-state index is 12.5. The lowest BCUT2D eigenvalue weighted by Crippen LogP contribution is -2.22. The molecule has 0 aliphatic rings. The number of methoxy groups -OCH3 is 1. The van der Waals surface area contributed by atoms with Crippen LogP contribution in [0.2, 0.25) is 0 Å². The molecule has 0 fully saturated rings. The molecule has 0 radical (unpaired) electrons. The zero-order chi connectivity index (χ0) is 20.1. The Hall–Kier alpha value is -3.73. The van der Waals surface area contributed by atoms with Crippen LogP contribution in [0.1, 0.15) is 21.7 Å². The average Bonchev–Trinajstić information content (AvgIpc) is 3.29. The van der Waals surface area contributed by atoms with Crippen molar-refractivity contribution in [3.63, 3.8) is 0 Å². The molecule has 5 heteroatoms. The van der Waals surface area contributed by atoms with E-state index in [0.29, 0.717) is 30.2 Å². The zero-order valence-electron chi connectivity index (χ0n) is 16.1. The standard InChI is InChI=1S/C24H21NO4/c1-27-23-11-9-19(24(26)25-15-22-7-4-12-28-22)13-20(23)16-29-21-10-8-17-5-2-3-6-18(17)14-21/h2-14H,15-16H2,1H3,(H,25,26). The summed E-state index contributed by atoms with van der Waals surface area (Å²) in [4.78, 5) is 12.5. The molecule has 4 rings (SSSR count). The van der Waals surface area contributed by atoms with Crippen LogP contribution in [0, 0.1) is 0 Å². The van der Waals surface area contributed by atoms with Crippen LogP contribution in [0.5, 0.6) is 11.5 Å². The summed E-state index contributed by atoms with van der Waals surface area (Å²) in [7, 11) is 1.60. The van der Waals surface area contributed by atoms with Gasteiger partial charge in [-0.3, -0.25) is 4.79 Å². The molecule has 0 aliphatic carbocycles. The highest BCUT2D eigenvalue weighted by Crippen LogP contribution is 2.25. The molecule has 0 aliphatic heterocycles. The van der Waals surface area contributed by atoms with Gasteiger partial charge in [-0.05, 0) is 53.2 Å². The Morgan fingerprint density at radius 2 is 1.83 bits per heavy atom. The van der Waals surface area contributed by atoms with Crippen LogP contribution in [-0.2, 0) is 13.2 Å². The average molecular weight is 387 g/mol. The molecule has 1 amide bonds. The normalized spacial score (nSPS) is 10.7. The van der Waals surface area contributed by atoms with Crippen molar-refractivity contribution < 1.29 is 18.7 Å². The minimum atomic E-state index is -0.184. The number of hydrogen-bond donors (Lipinski definition) is 1. The van der Waals surface area contributed by atoms with E-state index in [4.69, 9.17) is 13.9 Å². The fourth-order valence-corrected chi connectivity index (χ4v) is 3.13. The molecule has 0 bridgehead atoms. The Morgan fingerprint density at radius 3 is 2.62 bits per heavy atom. The first-order valence-electron chi connectivity index (χ1n) is 9.32. The number of furan rings is 1. The summed E-state index contributed by atoms with van der Waals surface area (Å²) < 4.78 is 16.6. The van der Waals surface area contributed by atoms with Gasteiger partial charge < -0.3 is 19.2 Å². The first-order chi connectivity index (χ1) is 14.2. The van der Waals surface area contributed by atoms with Gasteiger partial charge in [-0.2, -0.15) is 0 Å². The van der Waals surface area contributed by atoms with Gasteiger partial charge in [0.05, 0.1) is 19.9 Å². The van der Waals surface area contributed by atoms with E-state index in [0.717, 1.165) is 22.1 Å². The lowest BCUT2D eigenvalue weighted by molar-refractivity contribution is 0.0948. The van der Waals surface area contributed by atoms with Crippen LogP contribution in [0.3, 0.4) is 0 Å². The first-order valence-corrected chi connectivity index (χ1v) is 9.32. The maximum absolute atomic E-state index is 12.5. The number of carbonyl (C=O) groups excluding carboxylic acids is 1. The minimum Gasteiger partial charge on any atom is -0.496 e. The molecule has 29 heavy (non-hydrogen) atoms. The largest absolute Gasteiger partial charge is 0.496 e. The van der Waals surface area contributed by atoms with Crippen LogP contribution in [0.15, 0.2) is 83.5 Å². The van der Waals surface area contributed by atoms with Gasteiger partial charge in [0.15, 0.2) is 0 Å². The summed E-state index contributed by atoms with van der Waals surface area (Å²) in [6.07, 6.45) is 1.58. The highest BCUT2D eigenvalue weighted by molar-refractivity contribution is 5.94. The van der Waals surface area contributed by atoms with E-state index in [1.54, 1.807) is 37.6 Å². The molecule has 5 nitrogen and oxygen atoms in total. The van der Waals surface area contributed by atoms with E-state index in [9.17, 15) is 4.79 Å². The van der Waals surface area contributed by atoms with E-state index in [1.807, 2.05) is 42.5 Å². The van der Waals surface area contributed by atoms with Crippen LogP contribution in [-0.4, -0.2) is 13.0 Å². The predicted octanol–water partition coefficient (Wildman–Crippen LogP) is 4.95. The molecule has 0 spiro atoms. The van der Waals surface area contributed by atoms with E-state index >= 15 is 0 Å². The number of benzene rings is 3. The highest BCUT2D eigenvalue weighted by Gasteiger charge is 2.11. The molecule has 1 heterocycles. The van der Waals surface area contributed by atoms with Crippen molar-refractivity contribution in [1.82, 2.24) is 5.32 Å². The van der Waals surface area contributed by atoms with Crippen LogP contribution in [0.25, 0.3) is 10.8 Å². The van der Waals surface area contributed by atoms with Crippen molar-refractivity contribution in [2.45, 2.75) is 13.2 Å². The van der Waals surface area contributed by atoms with Crippen molar-refractivity contribution in [1.29, 1.82) is 0 Å². The first kappa shape index (κ1) is 18.6. The molecule has 1 N–H and O–H groups in total. The third kappa shape index (κ3) is 4.41. The van der Waals surface area contributed by atoms with Gasteiger partial charge in [0.1, 0.15) is 23.9 Å². The summed E-state index contributed by atoms with van der Waals surface area (Å²) in [5.74, 6) is 1.95. The number of fused-ring (bicyclic) bond motifs is 1. The number of carbonyl (C=O) groups is 1. The lowest BCUT2D eigenvalue weighted by Gasteiger charge is -2.13. The summed E-state index contributed by atoms with van der Waals surface area (Å²) in [5.41, 5.74) is 1.33. The third-order valence-electron chi connectivity index (χ3n) is 4.66. The second-order valence-electron chi connectivity index (χ2n) is 6.59. The van der Waals surface area contributed by atoms with Gasteiger partial charge in [-0.25, -0.2) is 0 Å². The van der Waals surface area contributed by atoms with Gasteiger partial charge in [-0.15, -0.1) is 0 Å². The summed E-state index contributed by atoms with van der Waals surface area (Å²) in [5, 5.41) is 5.12. The molecule has 1 aromatic heterocycles. The fourth-order valence-electron chi connectivity index (χ4n) is 3.13. The summed E-state index contributed by atoms with van der Waals surface area (Å²) in [6, 6.07) is 23.0. The molecular weight excluding hydrogens is 366 g/mol. The second-order valence-corrected chi connectivity index (χ2v) is 6.59. The Morgan fingerprint density at radius 1 is 0.966 bits per heavy atom. The monoisotopic (exact) mass is 387 g/mol.